The van der Waals surface area contributed by atoms with Crippen molar-refractivity contribution in [3.63, 3.8) is 0 Å². The average molecular weight is 282 g/mol. The summed E-state index contributed by atoms with van der Waals surface area (Å²) >= 11 is 5.57. The van der Waals surface area contributed by atoms with E-state index >= 15 is 0 Å². The van der Waals surface area contributed by atoms with Crippen LogP contribution >= 0.6 is 11.6 Å². The molecular weight excluding hydrogens is 274 g/mol. The Balaban J connectivity index is 2.21. The highest BCUT2D eigenvalue weighted by atomic mass is 35.5. The predicted molar refractivity (Wildman–Crippen MR) is 56.9 cm³/mol. The molecule has 0 aliphatic heterocycles. The standard InChI is InChI=1S/C11H8ClF4NO/c12-6-1-2-8(13)7(5-6)9(18)17-10(3-4-10)11(14,15)16/h1-2,5H,3-4H2,(H,17,18). The molecule has 1 amide bonds. The van der Waals surface area contributed by atoms with E-state index in [1.807, 2.05) is 5.32 Å². The van der Waals surface area contributed by atoms with Crippen molar-refractivity contribution in [2.45, 2.75) is 24.6 Å². The fraction of sp³-hybridized carbons (Fsp3) is 0.364. The van der Waals surface area contributed by atoms with E-state index in [0.717, 1.165) is 12.1 Å². The minimum Gasteiger partial charge on any atom is -0.338 e. The summed E-state index contributed by atoms with van der Waals surface area (Å²) in [5, 5.41) is 1.91. The Kier molecular flexibility index (Phi) is 3.01. The van der Waals surface area contributed by atoms with E-state index in [1.54, 1.807) is 0 Å². The first-order chi connectivity index (χ1) is 8.25. The van der Waals surface area contributed by atoms with Gasteiger partial charge in [-0.15, -0.1) is 0 Å². The Bertz CT molecular complexity index is 496. The third-order valence-corrected chi connectivity index (χ3v) is 3.05. The van der Waals surface area contributed by atoms with Crippen LogP contribution in [0.1, 0.15) is 23.2 Å². The zero-order chi connectivity index (χ0) is 13.6. The number of carbonyl (C=O) groups is 1. The summed E-state index contributed by atoms with van der Waals surface area (Å²) in [6.07, 6.45) is -4.91. The molecule has 2 rings (SSSR count). The minimum absolute atomic E-state index is 0.0819. The van der Waals surface area contributed by atoms with E-state index in [4.69, 9.17) is 11.6 Å². The molecule has 1 N–H and O–H groups in total. The van der Waals surface area contributed by atoms with Crippen molar-refractivity contribution in [3.8, 4) is 0 Å². The van der Waals surface area contributed by atoms with Gasteiger partial charge in [0.05, 0.1) is 5.56 Å². The van der Waals surface area contributed by atoms with Crippen molar-refractivity contribution in [2.75, 3.05) is 0 Å². The van der Waals surface area contributed by atoms with Gasteiger partial charge in [-0.3, -0.25) is 4.79 Å². The molecule has 18 heavy (non-hydrogen) atoms. The molecule has 0 radical (unpaired) electrons. The highest BCUT2D eigenvalue weighted by Crippen LogP contribution is 2.49. The van der Waals surface area contributed by atoms with Gasteiger partial charge in [-0.2, -0.15) is 13.2 Å². The normalized spacial score (nSPS) is 17.4. The number of alkyl halides is 3. The first-order valence-corrected chi connectivity index (χ1v) is 5.47. The Morgan fingerprint density at radius 1 is 1.33 bits per heavy atom. The van der Waals surface area contributed by atoms with Crippen molar-refractivity contribution < 1.29 is 22.4 Å². The van der Waals surface area contributed by atoms with Gasteiger partial charge in [-0.1, -0.05) is 11.6 Å². The number of hydrogen-bond donors (Lipinski definition) is 1. The van der Waals surface area contributed by atoms with Crippen LogP contribution in [0.15, 0.2) is 18.2 Å². The number of hydrogen-bond acceptors (Lipinski definition) is 1. The van der Waals surface area contributed by atoms with Gasteiger partial charge < -0.3 is 5.32 Å². The van der Waals surface area contributed by atoms with E-state index < -0.39 is 29.0 Å². The van der Waals surface area contributed by atoms with Gasteiger partial charge in [0.2, 0.25) is 0 Å². The summed E-state index contributed by atoms with van der Waals surface area (Å²) in [6.45, 7) is 0. The van der Waals surface area contributed by atoms with Crippen LogP contribution in [-0.2, 0) is 0 Å². The maximum atomic E-state index is 13.3. The molecule has 0 bridgehead atoms. The molecule has 2 nitrogen and oxygen atoms in total. The minimum atomic E-state index is -4.53. The smallest absolute Gasteiger partial charge is 0.338 e. The maximum Gasteiger partial charge on any atom is 0.411 e. The highest BCUT2D eigenvalue weighted by molar-refractivity contribution is 6.31. The average Bonchev–Trinajstić information content (AvgIpc) is 3.01. The van der Waals surface area contributed by atoms with E-state index in [-0.39, 0.29) is 17.9 Å². The Morgan fingerprint density at radius 2 is 1.94 bits per heavy atom. The van der Waals surface area contributed by atoms with Crippen LogP contribution in [-0.4, -0.2) is 17.6 Å². The van der Waals surface area contributed by atoms with Crippen molar-refractivity contribution in [3.05, 3.63) is 34.6 Å². The second-order valence-electron chi connectivity index (χ2n) is 4.16. The van der Waals surface area contributed by atoms with E-state index in [2.05, 4.69) is 0 Å². The van der Waals surface area contributed by atoms with Crippen LogP contribution < -0.4 is 5.32 Å². The van der Waals surface area contributed by atoms with Gasteiger partial charge in [0, 0.05) is 5.02 Å². The topological polar surface area (TPSA) is 29.1 Å². The molecule has 1 saturated carbocycles. The van der Waals surface area contributed by atoms with Crippen molar-refractivity contribution in [2.24, 2.45) is 0 Å². The van der Waals surface area contributed by atoms with Gasteiger partial charge in [0.25, 0.3) is 5.91 Å². The predicted octanol–water partition coefficient (Wildman–Crippen LogP) is 3.30. The zero-order valence-corrected chi connectivity index (χ0v) is 9.70. The fourth-order valence-corrected chi connectivity index (χ4v) is 1.73. The second-order valence-corrected chi connectivity index (χ2v) is 4.59. The van der Waals surface area contributed by atoms with Crippen LogP contribution in [0.2, 0.25) is 5.02 Å². The Labute approximate surface area is 105 Å². The van der Waals surface area contributed by atoms with E-state index in [0.29, 0.717) is 0 Å². The van der Waals surface area contributed by atoms with Crippen molar-refractivity contribution in [1.29, 1.82) is 0 Å². The lowest BCUT2D eigenvalue weighted by Gasteiger charge is -2.20. The third kappa shape index (κ3) is 2.29. The number of nitrogens with one attached hydrogen (secondary N) is 1. The molecule has 0 atom stereocenters. The first-order valence-electron chi connectivity index (χ1n) is 5.09. The Hall–Kier alpha value is -1.30. The number of rotatable bonds is 2. The van der Waals surface area contributed by atoms with E-state index in [9.17, 15) is 22.4 Å². The first kappa shape index (κ1) is 13.1. The molecule has 1 aliphatic carbocycles. The van der Waals surface area contributed by atoms with Crippen LogP contribution in [0.4, 0.5) is 17.6 Å². The summed E-state index contributed by atoms with van der Waals surface area (Å²) < 4.78 is 51.2. The van der Waals surface area contributed by atoms with Crippen LogP contribution in [0.3, 0.4) is 0 Å². The molecule has 1 fully saturated rings. The Morgan fingerprint density at radius 3 is 2.44 bits per heavy atom. The van der Waals surface area contributed by atoms with Gasteiger partial charge in [0.15, 0.2) is 0 Å². The molecule has 1 aliphatic rings. The molecule has 1 aromatic carbocycles. The van der Waals surface area contributed by atoms with Crippen LogP contribution in [0.5, 0.6) is 0 Å². The second kappa shape index (κ2) is 4.12. The summed E-state index contributed by atoms with van der Waals surface area (Å²) in [7, 11) is 0. The highest BCUT2D eigenvalue weighted by Gasteiger charge is 2.64. The number of carbonyl (C=O) groups excluding carboxylic acids is 1. The van der Waals surface area contributed by atoms with Crippen LogP contribution in [0.25, 0.3) is 0 Å². The lowest BCUT2D eigenvalue weighted by atomic mass is 10.1. The molecule has 1 aromatic rings. The lowest BCUT2D eigenvalue weighted by molar-refractivity contribution is -0.163. The van der Waals surface area contributed by atoms with E-state index in [1.165, 1.54) is 6.07 Å². The molecule has 0 heterocycles. The van der Waals surface area contributed by atoms with Gasteiger partial charge in [-0.25, -0.2) is 4.39 Å². The molecule has 0 aromatic heterocycles. The van der Waals surface area contributed by atoms with Crippen molar-refractivity contribution in [1.82, 2.24) is 5.32 Å². The number of halogens is 5. The maximum absolute atomic E-state index is 13.3. The lowest BCUT2D eigenvalue weighted by Crippen LogP contribution is -2.48. The summed E-state index contributed by atoms with van der Waals surface area (Å²) in [5.74, 6) is -2.01. The number of amides is 1. The summed E-state index contributed by atoms with van der Waals surface area (Å²) in [5.41, 5.74) is -2.70. The fourth-order valence-electron chi connectivity index (χ4n) is 1.56. The molecule has 7 heteroatoms. The van der Waals surface area contributed by atoms with Crippen molar-refractivity contribution >= 4 is 17.5 Å². The molecular formula is C11H8ClF4NO. The molecule has 98 valence electrons. The molecule has 0 unspecified atom stereocenters. The quantitative estimate of drug-likeness (QED) is 0.828. The molecule has 0 spiro atoms. The monoisotopic (exact) mass is 281 g/mol. The summed E-state index contributed by atoms with van der Waals surface area (Å²) in [6, 6.07) is 3.15. The zero-order valence-electron chi connectivity index (χ0n) is 8.94. The number of benzene rings is 1. The van der Waals surface area contributed by atoms with Gasteiger partial charge >= 0.3 is 6.18 Å². The molecule has 0 saturated heterocycles. The van der Waals surface area contributed by atoms with Gasteiger partial charge in [-0.05, 0) is 31.0 Å². The largest absolute Gasteiger partial charge is 0.411 e. The third-order valence-electron chi connectivity index (χ3n) is 2.82. The van der Waals surface area contributed by atoms with Crippen LogP contribution in [0, 0.1) is 5.82 Å². The van der Waals surface area contributed by atoms with Gasteiger partial charge in [0.1, 0.15) is 11.4 Å². The summed E-state index contributed by atoms with van der Waals surface area (Å²) in [4.78, 5) is 11.6. The SMILES string of the molecule is O=C(NC1(C(F)(F)F)CC1)c1cc(Cl)ccc1F.